The molecule has 4 nitrogen and oxygen atoms in total. The van der Waals surface area contributed by atoms with E-state index >= 15 is 0 Å². The fourth-order valence-corrected chi connectivity index (χ4v) is 4.35. The van der Waals surface area contributed by atoms with Crippen molar-refractivity contribution in [3.05, 3.63) is 48.2 Å². The largest absolute Gasteiger partial charge is 0.326 e. The molecular weight excluding hydrogens is 334 g/mol. The van der Waals surface area contributed by atoms with Crippen LogP contribution in [0, 0.1) is 12.3 Å². The Balaban J connectivity index is 0.000000250. The molecule has 138 valence electrons. The summed E-state index contributed by atoms with van der Waals surface area (Å²) in [6, 6.07) is 12.9. The van der Waals surface area contributed by atoms with Crippen molar-refractivity contribution in [3.8, 4) is 23.5 Å². The minimum atomic E-state index is 0.0529. The first kappa shape index (κ1) is 17.6. The highest BCUT2D eigenvalue weighted by atomic mass is 16.2. The van der Waals surface area contributed by atoms with Gasteiger partial charge >= 0.3 is 6.03 Å². The number of hydrogen-bond donors (Lipinski definition) is 0. The molecule has 0 radical (unpaired) electrons. The molecule has 1 aromatic heterocycles. The van der Waals surface area contributed by atoms with Crippen LogP contribution in [0.15, 0.2) is 42.6 Å². The Kier molecular flexibility index (Phi) is 4.61. The first-order valence-electron chi connectivity index (χ1n) is 9.75. The molecule has 1 aromatic rings. The lowest BCUT2D eigenvalue weighted by Crippen LogP contribution is -2.42. The highest BCUT2D eigenvalue weighted by molar-refractivity contribution is 5.96. The van der Waals surface area contributed by atoms with E-state index in [1.54, 1.807) is 6.20 Å². The molecule has 3 aliphatic carbocycles. The summed E-state index contributed by atoms with van der Waals surface area (Å²) >= 11 is 0. The lowest BCUT2D eigenvalue weighted by molar-refractivity contribution is 0.169. The maximum atomic E-state index is 12.9. The van der Waals surface area contributed by atoms with Crippen molar-refractivity contribution in [1.82, 2.24) is 9.88 Å². The third-order valence-electron chi connectivity index (χ3n) is 5.65. The van der Waals surface area contributed by atoms with Gasteiger partial charge in [0.2, 0.25) is 0 Å². The van der Waals surface area contributed by atoms with Crippen molar-refractivity contribution in [2.24, 2.45) is 0 Å². The Bertz CT molecular complexity index is 881. The zero-order chi connectivity index (χ0) is 19.0. The van der Waals surface area contributed by atoms with Gasteiger partial charge in [-0.05, 0) is 56.0 Å². The minimum Gasteiger partial charge on any atom is -0.317 e. The summed E-state index contributed by atoms with van der Waals surface area (Å²) < 4.78 is 0. The van der Waals surface area contributed by atoms with Gasteiger partial charge in [-0.2, -0.15) is 0 Å². The number of anilines is 1. The molecule has 2 amide bonds. The van der Waals surface area contributed by atoms with Crippen LogP contribution in [-0.2, 0) is 0 Å². The molecule has 0 bridgehead atoms. The quantitative estimate of drug-likeness (QED) is 0.622. The van der Waals surface area contributed by atoms with Gasteiger partial charge in [-0.3, -0.25) is 4.90 Å². The van der Waals surface area contributed by atoms with Crippen molar-refractivity contribution in [3.63, 3.8) is 0 Å². The van der Waals surface area contributed by atoms with Crippen LogP contribution >= 0.6 is 0 Å². The Morgan fingerprint density at radius 2 is 1.81 bits per heavy atom. The predicted octanol–water partition coefficient (Wildman–Crippen LogP) is 4.69. The van der Waals surface area contributed by atoms with Gasteiger partial charge < -0.3 is 4.90 Å². The number of carbonyl (C=O) groups excluding carboxylic acids is 1. The van der Waals surface area contributed by atoms with E-state index in [1.807, 2.05) is 21.9 Å². The zero-order valence-corrected chi connectivity index (χ0v) is 15.9. The number of carbonyl (C=O) groups is 1. The zero-order valence-electron chi connectivity index (χ0n) is 15.9. The van der Waals surface area contributed by atoms with Crippen molar-refractivity contribution in [1.29, 1.82) is 0 Å². The monoisotopic (exact) mass is 359 g/mol. The maximum absolute atomic E-state index is 12.9. The van der Waals surface area contributed by atoms with Crippen LogP contribution in [0.5, 0.6) is 0 Å². The standard InChI is InChI=1S/C17H21N3O.C6H4/c1-4-13-8-7-11-18-16(13)20-15-10-6-5-9-14(15)19(12(2)3)17(20)21;1-2-5-4-6(5)3-1/h1,7-8,11-12,14-15H,5-6,9-10H2,2-3H3;1-4H. The first-order chi connectivity index (χ1) is 13.1. The van der Waals surface area contributed by atoms with E-state index in [1.165, 1.54) is 17.5 Å². The third-order valence-corrected chi connectivity index (χ3v) is 5.65. The van der Waals surface area contributed by atoms with Crippen molar-refractivity contribution >= 4 is 11.8 Å². The number of fused-ring (bicyclic) bond motifs is 2. The van der Waals surface area contributed by atoms with Crippen LogP contribution in [-0.4, -0.2) is 34.0 Å². The van der Waals surface area contributed by atoms with Gasteiger partial charge in [-0.25, -0.2) is 9.78 Å². The summed E-state index contributed by atoms with van der Waals surface area (Å²) in [5, 5.41) is 0. The number of pyridine rings is 1. The van der Waals surface area contributed by atoms with E-state index in [2.05, 4.69) is 49.0 Å². The number of rotatable bonds is 2. The lowest BCUT2D eigenvalue weighted by atomic mass is 9.89. The number of nitrogens with zero attached hydrogens (tertiary/aromatic N) is 3. The fourth-order valence-electron chi connectivity index (χ4n) is 4.35. The molecule has 2 atom stereocenters. The predicted molar refractivity (Wildman–Crippen MR) is 109 cm³/mol. The average molecular weight is 359 g/mol. The Morgan fingerprint density at radius 1 is 1.11 bits per heavy atom. The molecule has 2 unspecified atom stereocenters. The average Bonchev–Trinajstić information content (AvgIpc) is 3.15. The molecule has 4 aliphatic rings. The van der Waals surface area contributed by atoms with Gasteiger partial charge in [0.05, 0.1) is 17.6 Å². The maximum Gasteiger partial charge on any atom is 0.326 e. The molecule has 0 aromatic carbocycles. The van der Waals surface area contributed by atoms with Gasteiger partial charge in [0.1, 0.15) is 0 Å². The third kappa shape index (κ3) is 3.19. The summed E-state index contributed by atoms with van der Waals surface area (Å²) in [7, 11) is 0. The summed E-state index contributed by atoms with van der Waals surface area (Å²) in [6.45, 7) is 4.15. The van der Waals surface area contributed by atoms with E-state index < -0.39 is 0 Å². The molecule has 4 heteroatoms. The molecular formula is C23H25N3O. The van der Waals surface area contributed by atoms with Gasteiger partial charge in [0.25, 0.3) is 0 Å². The normalized spacial score (nSPS) is 22.1. The van der Waals surface area contributed by atoms with E-state index in [0.29, 0.717) is 17.4 Å². The summed E-state index contributed by atoms with van der Waals surface area (Å²) in [6.07, 6.45) is 11.7. The van der Waals surface area contributed by atoms with Crippen molar-refractivity contribution in [2.45, 2.75) is 57.7 Å². The number of aromatic nitrogens is 1. The molecule has 1 saturated carbocycles. The van der Waals surface area contributed by atoms with Gasteiger partial charge in [0, 0.05) is 12.2 Å². The van der Waals surface area contributed by atoms with E-state index in [-0.39, 0.29) is 18.1 Å². The molecule has 2 fully saturated rings. The van der Waals surface area contributed by atoms with Gasteiger partial charge in [0.15, 0.2) is 5.82 Å². The number of amides is 2. The van der Waals surface area contributed by atoms with E-state index in [9.17, 15) is 4.79 Å². The first-order valence-corrected chi connectivity index (χ1v) is 9.75. The SMILES string of the molecule is C#Cc1cccnc1N1C(=O)N(C(C)C)C2CCCCC21.c1cc2cc-2c1. The highest BCUT2D eigenvalue weighted by Crippen LogP contribution is 2.38. The number of hydrogen-bond acceptors (Lipinski definition) is 2. The van der Waals surface area contributed by atoms with Crippen molar-refractivity contribution in [2.75, 3.05) is 4.90 Å². The molecule has 27 heavy (non-hydrogen) atoms. The van der Waals surface area contributed by atoms with Crippen LogP contribution in [0.4, 0.5) is 10.6 Å². The van der Waals surface area contributed by atoms with Gasteiger partial charge in [-0.15, -0.1) is 6.42 Å². The molecule has 5 rings (SSSR count). The topological polar surface area (TPSA) is 36.4 Å². The van der Waals surface area contributed by atoms with Crippen LogP contribution in [0.25, 0.3) is 11.1 Å². The number of benzene rings is 1. The lowest BCUT2D eigenvalue weighted by Gasteiger charge is -2.33. The Hall–Kier alpha value is -2.80. The second-order valence-electron chi connectivity index (χ2n) is 7.67. The summed E-state index contributed by atoms with van der Waals surface area (Å²) in [5.41, 5.74) is 3.55. The minimum absolute atomic E-state index is 0.0529. The van der Waals surface area contributed by atoms with E-state index in [0.717, 1.165) is 19.3 Å². The highest BCUT2D eigenvalue weighted by Gasteiger charge is 2.48. The van der Waals surface area contributed by atoms with E-state index in [4.69, 9.17) is 6.42 Å². The molecule has 1 saturated heterocycles. The van der Waals surface area contributed by atoms with Crippen LogP contribution in [0.2, 0.25) is 0 Å². The fraction of sp³-hybridized carbons (Fsp3) is 0.391. The van der Waals surface area contributed by atoms with Crippen LogP contribution in [0.3, 0.4) is 0 Å². The van der Waals surface area contributed by atoms with Crippen LogP contribution in [0.1, 0.15) is 45.1 Å². The molecule has 1 aliphatic heterocycles. The number of urea groups is 1. The molecule has 0 spiro atoms. The summed E-state index contributed by atoms with van der Waals surface area (Å²) in [5.74, 6) is 3.30. The summed E-state index contributed by atoms with van der Waals surface area (Å²) in [4.78, 5) is 21.2. The number of terminal acetylenes is 1. The smallest absolute Gasteiger partial charge is 0.317 e. The molecule has 2 heterocycles. The Labute approximate surface area is 161 Å². The van der Waals surface area contributed by atoms with Crippen molar-refractivity contribution < 1.29 is 4.79 Å². The van der Waals surface area contributed by atoms with Gasteiger partial charge in [-0.1, -0.05) is 37.0 Å². The second kappa shape index (κ2) is 7.08. The second-order valence-corrected chi connectivity index (χ2v) is 7.67. The Morgan fingerprint density at radius 3 is 2.37 bits per heavy atom. The molecule has 0 N–H and O–H groups in total. The van der Waals surface area contributed by atoms with Crippen LogP contribution < -0.4 is 4.90 Å².